The van der Waals surface area contributed by atoms with E-state index in [1.165, 1.54) is 69.8 Å². The molecule has 0 amide bonds. The van der Waals surface area contributed by atoms with Crippen molar-refractivity contribution in [1.82, 2.24) is 0 Å². The van der Waals surface area contributed by atoms with Gasteiger partial charge < -0.3 is 0 Å². The number of hydrogen-bond donors (Lipinski definition) is 1. The number of hydrogen-bond acceptors (Lipinski definition) is 2. The van der Waals surface area contributed by atoms with Crippen molar-refractivity contribution in [3.8, 4) is 0 Å². The van der Waals surface area contributed by atoms with E-state index in [9.17, 15) is 0 Å². The minimum absolute atomic E-state index is 0. The summed E-state index contributed by atoms with van der Waals surface area (Å²) in [5.74, 6) is 1.76. The molecule has 1 aromatic rings. The highest BCUT2D eigenvalue weighted by atomic mass is 17.1. The van der Waals surface area contributed by atoms with Gasteiger partial charge in [-0.05, 0) is 53.4 Å². The van der Waals surface area contributed by atoms with Crippen molar-refractivity contribution in [3.05, 3.63) is 35.9 Å². The lowest BCUT2D eigenvalue weighted by atomic mass is 9.68. The highest BCUT2D eigenvalue weighted by Gasteiger charge is 2.30. The Hall–Kier alpha value is -0.860. The third-order valence-electron chi connectivity index (χ3n) is 8.55. The maximum atomic E-state index is 7.38. The summed E-state index contributed by atoms with van der Waals surface area (Å²) < 4.78 is 0. The molecule has 1 unspecified atom stereocenters. The molecule has 252 valence electrons. The van der Waals surface area contributed by atoms with Crippen LogP contribution in [0.1, 0.15) is 195 Å². The summed E-state index contributed by atoms with van der Waals surface area (Å²) in [6.07, 6.45) is 14.0. The van der Waals surface area contributed by atoms with Gasteiger partial charge in [-0.2, -0.15) is 0 Å². The van der Waals surface area contributed by atoms with Crippen molar-refractivity contribution in [3.63, 3.8) is 0 Å². The van der Waals surface area contributed by atoms with Crippen molar-refractivity contribution >= 4 is 0 Å². The molecule has 2 rings (SSSR count). The quantitative estimate of drug-likeness (QED) is 0.255. The maximum Gasteiger partial charge on any atom is 0.0791 e. The first kappa shape index (κ1) is 52.8. The maximum absolute atomic E-state index is 7.38. The van der Waals surface area contributed by atoms with Crippen LogP contribution in [0.25, 0.3) is 0 Å². The van der Waals surface area contributed by atoms with Crippen LogP contribution in [0, 0.1) is 22.2 Å². The molecule has 1 aromatic carbocycles. The molecule has 1 fully saturated rings. The molecule has 1 N–H and O–H groups in total. The minimum Gasteiger partial charge on any atom is -0.252 e. The first-order valence-corrected chi connectivity index (χ1v) is 15.9. The molecule has 1 aliphatic carbocycles. The van der Waals surface area contributed by atoms with E-state index in [0.29, 0.717) is 28.8 Å². The van der Waals surface area contributed by atoms with Gasteiger partial charge in [0.25, 0.3) is 0 Å². The van der Waals surface area contributed by atoms with E-state index >= 15 is 0 Å². The van der Waals surface area contributed by atoms with Gasteiger partial charge in [-0.15, -0.1) is 0 Å². The largest absolute Gasteiger partial charge is 0.252 e. The molecule has 0 aliphatic heterocycles. The molecule has 41 heavy (non-hydrogen) atoms. The van der Waals surface area contributed by atoms with Crippen LogP contribution in [0.4, 0.5) is 0 Å². The molecule has 0 bridgehead atoms. The van der Waals surface area contributed by atoms with Crippen molar-refractivity contribution in [2.24, 2.45) is 22.2 Å². The summed E-state index contributed by atoms with van der Waals surface area (Å²) >= 11 is 0. The SMILES string of the molecule is C.C.C.CCC.CCC(C)(C)C(C)(C)C.CCC(C)(C)CC1CCCCC1.CCC(C)c1ccccc1.CCOO. The predicted octanol–water partition coefficient (Wildman–Crippen LogP) is 14.9. The second kappa shape index (κ2) is 30.6. The second-order valence-corrected chi connectivity index (χ2v) is 13.6. The molecule has 0 aromatic heterocycles. The van der Waals surface area contributed by atoms with Crippen LogP contribution in [-0.4, -0.2) is 11.9 Å². The van der Waals surface area contributed by atoms with Gasteiger partial charge in [0.1, 0.15) is 0 Å². The molecule has 1 atom stereocenters. The first-order chi connectivity index (χ1) is 17.6. The fourth-order valence-corrected chi connectivity index (χ4v) is 3.86. The van der Waals surface area contributed by atoms with Crippen LogP contribution in [0.3, 0.4) is 0 Å². The number of rotatable bonds is 7. The lowest BCUT2D eigenvalue weighted by molar-refractivity contribution is -0.237. The molecule has 1 saturated carbocycles. The number of benzene rings is 1. The molecule has 0 saturated heterocycles. The Morgan fingerprint density at radius 3 is 1.44 bits per heavy atom. The van der Waals surface area contributed by atoms with Gasteiger partial charge in [-0.1, -0.05) is 194 Å². The molecular weight excluding hydrogens is 500 g/mol. The summed E-state index contributed by atoms with van der Waals surface area (Å²) in [5, 5.41) is 7.38. The molecule has 0 spiro atoms. The van der Waals surface area contributed by atoms with E-state index in [4.69, 9.17) is 5.26 Å². The third kappa shape index (κ3) is 30.4. The fourth-order valence-electron chi connectivity index (χ4n) is 3.86. The molecular formula is C39H84O2. The van der Waals surface area contributed by atoms with Crippen molar-refractivity contribution < 1.29 is 10.1 Å². The van der Waals surface area contributed by atoms with Crippen LogP contribution in [0.15, 0.2) is 30.3 Å². The molecule has 2 nitrogen and oxygen atoms in total. The van der Waals surface area contributed by atoms with Gasteiger partial charge in [0.15, 0.2) is 0 Å². The standard InChI is InChI=1S/C12H24.C10H14.C9H20.C3H8.C2H6O2.3CH4/c1-4-12(2,3)10-11-8-6-5-7-9-11;1-3-9(2)10-7-5-4-6-8-10;1-7-9(5,6)8(2,3)4;1-3-2;1-2-4-3;;;/h11H,4-10H2,1-3H3;4-9H,3H2,1-2H3;7H2,1-6H3;3H2,1-2H3;3H,2H2,1H3;3*1H4. The topological polar surface area (TPSA) is 29.5 Å². The Morgan fingerprint density at radius 2 is 1.17 bits per heavy atom. The van der Waals surface area contributed by atoms with E-state index < -0.39 is 0 Å². The van der Waals surface area contributed by atoms with Crippen LogP contribution in [0.2, 0.25) is 0 Å². The molecule has 0 radical (unpaired) electrons. The van der Waals surface area contributed by atoms with Gasteiger partial charge in [0, 0.05) is 0 Å². The molecule has 0 heterocycles. The zero-order valence-corrected chi connectivity index (χ0v) is 28.7. The Labute approximate surface area is 263 Å². The average Bonchev–Trinajstić information content (AvgIpc) is 2.89. The van der Waals surface area contributed by atoms with Crippen LogP contribution in [-0.2, 0) is 4.89 Å². The van der Waals surface area contributed by atoms with E-state index in [-0.39, 0.29) is 22.3 Å². The Balaban J connectivity index is -0.0000000980. The van der Waals surface area contributed by atoms with Crippen LogP contribution < -0.4 is 0 Å². The van der Waals surface area contributed by atoms with Crippen molar-refractivity contribution in [1.29, 1.82) is 0 Å². The summed E-state index contributed by atoms with van der Waals surface area (Å²) in [7, 11) is 0. The lowest BCUT2D eigenvalue weighted by Gasteiger charge is -2.37. The normalized spacial score (nSPS) is 13.6. The first-order valence-electron chi connectivity index (χ1n) is 15.9. The Morgan fingerprint density at radius 1 is 0.756 bits per heavy atom. The molecule has 2 heteroatoms. The fraction of sp³-hybridized carbons (Fsp3) is 0.846. The Kier molecular flexibility index (Phi) is 39.4. The minimum atomic E-state index is 0. The van der Waals surface area contributed by atoms with Crippen LogP contribution >= 0.6 is 0 Å². The summed E-state index contributed by atoms with van der Waals surface area (Å²) in [6.45, 7) is 31.8. The van der Waals surface area contributed by atoms with Gasteiger partial charge in [-0.25, -0.2) is 4.89 Å². The van der Waals surface area contributed by atoms with E-state index in [0.717, 1.165) is 5.92 Å². The van der Waals surface area contributed by atoms with Gasteiger partial charge in [-0.3, -0.25) is 5.26 Å². The zero-order chi connectivity index (χ0) is 30.3. The van der Waals surface area contributed by atoms with Gasteiger partial charge >= 0.3 is 0 Å². The average molecular weight is 585 g/mol. The van der Waals surface area contributed by atoms with Gasteiger partial charge in [0.2, 0.25) is 0 Å². The highest BCUT2D eigenvalue weighted by molar-refractivity contribution is 5.18. The summed E-state index contributed by atoms with van der Waals surface area (Å²) in [4.78, 5) is 3.54. The second-order valence-electron chi connectivity index (χ2n) is 13.6. The van der Waals surface area contributed by atoms with Crippen molar-refractivity contribution in [2.75, 3.05) is 6.61 Å². The summed E-state index contributed by atoms with van der Waals surface area (Å²) in [6, 6.07) is 10.6. The summed E-state index contributed by atoms with van der Waals surface area (Å²) in [5.41, 5.74) is 2.97. The smallest absolute Gasteiger partial charge is 0.0791 e. The zero-order valence-electron chi connectivity index (χ0n) is 28.7. The van der Waals surface area contributed by atoms with Crippen LogP contribution in [0.5, 0.6) is 0 Å². The van der Waals surface area contributed by atoms with E-state index in [1.54, 1.807) is 6.92 Å². The predicted molar refractivity (Wildman–Crippen MR) is 194 cm³/mol. The highest BCUT2D eigenvalue weighted by Crippen LogP contribution is 2.40. The van der Waals surface area contributed by atoms with Crippen molar-refractivity contribution in [2.45, 2.75) is 189 Å². The lowest BCUT2D eigenvalue weighted by Crippen LogP contribution is -2.28. The Bertz CT molecular complexity index is 590. The third-order valence-corrected chi connectivity index (χ3v) is 8.55. The van der Waals surface area contributed by atoms with Gasteiger partial charge in [0.05, 0.1) is 6.61 Å². The van der Waals surface area contributed by atoms with E-state index in [2.05, 4.69) is 125 Å². The van der Waals surface area contributed by atoms with E-state index in [1.807, 2.05) is 0 Å². The molecule has 1 aliphatic rings. The monoisotopic (exact) mass is 585 g/mol.